The third-order valence-electron chi connectivity index (χ3n) is 2.80. The predicted octanol–water partition coefficient (Wildman–Crippen LogP) is 2.24. The Morgan fingerprint density at radius 1 is 1.59 bits per heavy atom. The summed E-state index contributed by atoms with van der Waals surface area (Å²) in [5, 5.41) is 1.08. The highest BCUT2D eigenvalue weighted by molar-refractivity contribution is 7.99. The van der Waals surface area contributed by atoms with Gasteiger partial charge in [-0.2, -0.15) is 0 Å². The second kappa shape index (κ2) is 6.38. The first-order valence-electron chi connectivity index (χ1n) is 6.19. The van der Waals surface area contributed by atoms with Gasteiger partial charge in [0.15, 0.2) is 0 Å². The minimum atomic E-state index is 0.196. The topological polar surface area (TPSA) is 48.1 Å². The normalized spacial score (nSPS) is 21.6. The number of nitrogens with two attached hydrogens (primary N) is 1. The van der Waals surface area contributed by atoms with Gasteiger partial charge in [-0.25, -0.2) is 4.98 Å². The van der Waals surface area contributed by atoms with E-state index in [1.807, 2.05) is 13.1 Å². The van der Waals surface area contributed by atoms with Gasteiger partial charge in [0.2, 0.25) is 0 Å². The second-order valence-corrected chi connectivity index (χ2v) is 5.67. The lowest BCUT2D eigenvalue weighted by Gasteiger charge is -2.09. The average molecular weight is 252 g/mol. The average Bonchev–Trinajstić information content (AvgIpc) is 2.80. The Bertz CT molecular complexity index is 334. The summed E-state index contributed by atoms with van der Waals surface area (Å²) < 4.78 is 5.59. The molecule has 2 N–H and O–H groups in total. The van der Waals surface area contributed by atoms with Gasteiger partial charge in [-0.05, 0) is 37.8 Å². The van der Waals surface area contributed by atoms with Crippen LogP contribution in [0.25, 0.3) is 0 Å². The Hall–Kier alpha value is -0.580. The Kier molecular flexibility index (Phi) is 4.83. The largest absolute Gasteiger partial charge is 0.377 e. The zero-order valence-corrected chi connectivity index (χ0v) is 11.1. The molecule has 0 aromatic carbocycles. The number of hydrogen-bond donors (Lipinski definition) is 1. The molecule has 1 saturated heterocycles. The first-order chi connectivity index (χ1) is 8.24. The van der Waals surface area contributed by atoms with E-state index in [9.17, 15) is 0 Å². The number of pyridine rings is 1. The van der Waals surface area contributed by atoms with E-state index < -0.39 is 0 Å². The fraction of sp³-hybridized carbons (Fsp3) is 0.615. The van der Waals surface area contributed by atoms with E-state index in [0.717, 1.165) is 23.8 Å². The van der Waals surface area contributed by atoms with Gasteiger partial charge in [-0.3, -0.25) is 0 Å². The predicted molar refractivity (Wildman–Crippen MR) is 71.3 cm³/mol. The van der Waals surface area contributed by atoms with E-state index in [-0.39, 0.29) is 6.04 Å². The summed E-state index contributed by atoms with van der Waals surface area (Å²) in [4.78, 5) is 4.44. The van der Waals surface area contributed by atoms with Crippen molar-refractivity contribution < 1.29 is 4.74 Å². The van der Waals surface area contributed by atoms with Crippen LogP contribution >= 0.6 is 11.8 Å². The summed E-state index contributed by atoms with van der Waals surface area (Å²) in [5.41, 5.74) is 6.96. The molecule has 0 amide bonds. The second-order valence-electron chi connectivity index (χ2n) is 4.63. The molecule has 0 aliphatic carbocycles. The zero-order valence-electron chi connectivity index (χ0n) is 10.3. The molecular weight excluding hydrogens is 232 g/mol. The van der Waals surface area contributed by atoms with Gasteiger partial charge in [0.1, 0.15) is 0 Å². The number of aromatic nitrogens is 1. The molecule has 1 aromatic rings. The van der Waals surface area contributed by atoms with Crippen molar-refractivity contribution in [1.29, 1.82) is 0 Å². The van der Waals surface area contributed by atoms with Gasteiger partial charge < -0.3 is 10.5 Å². The molecule has 1 aromatic heterocycles. The molecule has 2 heterocycles. The third-order valence-corrected chi connectivity index (χ3v) is 3.87. The molecule has 2 atom stereocenters. The van der Waals surface area contributed by atoms with Crippen molar-refractivity contribution in [3.8, 4) is 0 Å². The Balaban J connectivity index is 1.80. The number of rotatable bonds is 5. The van der Waals surface area contributed by atoms with Gasteiger partial charge in [-0.15, -0.1) is 11.8 Å². The van der Waals surface area contributed by atoms with Crippen LogP contribution in [-0.4, -0.2) is 29.5 Å². The molecule has 0 spiro atoms. The highest BCUT2D eigenvalue weighted by atomic mass is 32.2. The van der Waals surface area contributed by atoms with Crippen molar-refractivity contribution in [1.82, 2.24) is 4.98 Å². The van der Waals surface area contributed by atoms with Gasteiger partial charge in [0.25, 0.3) is 0 Å². The minimum Gasteiger partial charge on any atom is -0.377 e. The Morgan fingerprint density at radius 2 is 2.47 bits per heavy atom. The molecule has 4 heteroatoms. The molecule has 3 nitrogen and oxygen atoms in total. The molecule has 94 valence electrons. The molecule has 0 bridgehead atoms. The van der Waals surface area contributed by atoms with E-state index in [2.05, 4.69) is 17.1 Å². The zero-order chi connectivity index (χ0) is 12.1. The maximum atomic E-state index is 5.75. The molecule has 0 saturated carbocycles. The van der Waals surface area contributed by atoms with Crippen LogP contribution in [0.5, 0.6) is 0 Å². The van der Waals surface area contributed by atoms with Crippen LogP contribution in [0, 0.1) is 0 Å². The summed E-state index contributed by atoms with van der Waals surface area (Å²) in [7, 11) is 0. The first kappa shape index (κ1) is 12.9. The highest BCUT2D eigenvalue weighted by Gasteiger charge is 2.15. The van der Waals surface area contributed by atoms with Crippen LogP contribution < -0.4 is 5.73 Å². The summed E-state index contributed by atoms with van der Waals surface area (Å²) in [5.74, 6) is 1.01. The molecule has 1 aliphatic heterocycles. The fourth-order valence-corrected chi connectivity index (χ4v) is 2.85. The monoisotopic (exact) mass is 252 g/mol. The Morgan fingerprint density at radius 3 is 3.06 bits per heavy atom. The molecule has 2 rings (SSSR count). The van der Waals surface area contributed by atoms with Crippen molar-refractivity contribution in [2.45, 2.75) is 43.4 Å². The van der Waals surface area contributed by atoms with E-state index >= 15 is 0 Å². The van der Waals surface area contributed by atoms with E-state index in [4.69, 9.17) is 10.5 Å². The first-order valence-corrected chi connectivity index (χ1v) is 7.17. The van der Waals surface area contributed by atoms with Gasteiger partial charge >= 0.3 is 0 Å². The van der Waals surface area contributed by atoms with Crippen LogP contribution in [0.4, 0.5) is 0 Å². The molecule has 0 radical (unpaired) electrons. The van der Waals surface area contributed by atoms with Crippen molar-refractivity contribution >= 4 is 11.8 Å². The standard InChI is InChI=1S/C13H20N2OS/c1-10(14)7-11-4-5-13(15-8-11)17-9-12-3-2-6-16-12/h4-5,8,10,12H,2-3,6-7,9,14H2,1H3. The molecule has 1 fully saturated rings. The van der Waals surface area contributed by atoms with Crippen LogP contribution in [0.15, 0.2) is 23.4 Å². The van der Waals surface area contributed by atoms with Crippen molar-refractivity contribution in [2.24, 2.45) is 5.73 Å². The maximum Gasteiger partial charge on any atom is 0.0960 e. The summed E-state index contributed by atoms with van der Waals surface area (Å²) >= 11 is 1.78. The van der Waals surface area contributed by atoms with E-state index in [1.165, 1.54) is 18.4 Å². The highest BCUT2D eigenvalue weighted by Crippen LogP contribution is 2.22. The number of ether oxygens (including phenoxy) is 1. The fourth-order valence-electron chi connectivity index (χ4n) is 1.94. The molecule has 17 heavy (non-hydrogen) atoms. The van der Waals surface area contributed by atoms with Crippen LogP contribution in [-0.2, 0) is 11.2 Å². The van der Waals surface area contributed by atoms with Crippen molar-refractivity contribution in [2.75, 3.05) is 12.4 Å². The molecule has 1 aliphatic rings. The van der Waals surface area contributed by atoms with Gasteiger partial charge in [-0.1, -0.05) is 6.07 Å². The quantitative estimate of drug-likeness (QED) is 0.817. The van der Waals surface area contributed by atoms with Crippen molar-refractivity contribution in [3.63, 3.8) is 0 Å². The minimum absolute atomic E-state index is 0.196. The number of hydrogen-bond acceptors (Lipinski definition) is 4. The molecular formula is C13H20N2OS. The van der Waals surface area contributed by atoms with Gasteiger partial charge in [0, 0.05) is 24.6 Å². The van der Waals surface area contributed by atoms with Crippen LogP contribution in [0.2, 0.25) is 0 Å². The maximum absolute atomic E-state index is 5.75. The SMILES string of the molecule is CC(N)Cc1ccc(SCC2CCCO2)nc1. The lowest BCUT2D eigenvalue weighted by Crippen LogP contribution is -2.17. The third kappa shape index (κ3) is 4.30. The van der Waals surface area contributed by atoms with E-state index in [1.54, 1.807) is 11.8 Å². The number of thioether (sulfide) groups is 1. The lowest BCUT2D eigenvalue weighted by molar-refractivity contribution is 0.129. The Labute approximate surface area is 107 Å². The number of nitrogens with zero attached hydrogens (tertiary/aromatic N) is 1. The smallest absolute Gasteiger partial charge is 0.0960 e. The van der Waals surface area contributed by atoms with Crippen LogP contribution in [0.3, 0.4) is 0 Å². The van der Waals surface area contributed by atoms with Crippen LogP contribution in [0.1, 0.15) is 25.3 Å². The lowest BCUT2D eigenvalue weighted by atomic mass is 10.1. The van der Waals surface area contributed by atoms with Gasteiger partial charge in [0.05, 0.1) is 11.1 Å². The molecule has 2 unspecified atom stereocenters. The van der Waals surface area contributed by atoms with E-state index in [0.29, 0.717) is 6.10 Å². The summed E-state index contributed by atoms with van der Waals surface area (Å²) in [6.45, 7) is 2.94. The van der Waals surface area contributed by atoms with Crippen molar-refractivity contribution in [3.05, 3.63) is 23.9 Å². The summed E-state index contributed by atoms with van der Waals surface area (Å²) in [6, 6.07) is 4.40. The summed E-state index contributed by atoms with van der Waals surface area (Å²) in [6.07, 6.45) is 5.64.